The van der Waals surface area contributed by atoms with E-state index in [1.54, 1.807) is 4.90 Å². The Labute approximate surface area is 179 Å². The highest BCUT2D eigenvalue weighted by Gasteiger charge is 2.34. The first-order valence-corrected chi connectivity index (χ1v) is 11.9. The summed E-state index contributed by atoms with van der Waals surface area (Å²) in [5, 5.41) is 0. The van der Waals surface area contributed by atoms with Crippen LogP contribution in [0.2, 0.25) is 0 Å². The average molecular weight is 431 g/mol. The predicted octanol–water partition coefficient (Wildman–Crippen LogP) is 2.96. The number of rotatable bonds is 7. The van der Waals surface area contributed by atoms with Gasteiger partial charge in [0, 0.05) is 32.4 Å². The average Bonchev–Trinajstić information content (AvgIpc) is 3.03. The van der Waals surface area contributed by atoms with Crippen molar-refractivity contribution in [2.75, 3.05) is 37.1 Å². The number of carbonyl (C=O) groups is 1. The van der Waals surface area contributed by atoms with E-state index in [9.17, 15) is 13.2 Å². The molecule has 0 spiro atoms. The second-order valence-electron chi connectivity index (χ2n) is 8.25. The van der Waals surface area contributed by atoms with Crippen molar-refractivity contribution in [2.45, 2.75) is 32.9 Å². The second kappa shape index (κ2) is 9.08. The minimum atomic E-state index is -3.10. The number of sulfone groups is 1. The van der Waals surface area contributed by atoms with Gasteiger partial charge in [0.15, 0.2) is 16.4 Å². The molecule has 0 N–H and O–H groups in total. The highest BCUT2D eigenvalue weighted by molar-refractivity contribution is 7.91. The van der Waals surface area contributed by atoms with Gasteiger partial charge < -0.3 is 14.5 Å². The Morgan fingerprint density at radius 1 is 1.07 bits per heavy atom. The van der Waals surface area contributed by atoms with Crippen LogP contribution in [0, 0.1) is 13.8 Å². The standard InChI is InChI=1S/C23H30N2O4S/c1-17-11-18(2)13-22(12-17)29-15-23(26)25(21-9-10-30(27,28)16-21)14-19-5-7-20(8-6-19)24(3)4/h5-8,11-13,21H,9-10,14-16H2,1-4H3/t21-/m0/s1. The molecule has 7 heteroatoms. The number of nitrogens with zero attached hydrogens (tertiary/aromatic N) is 2. The number of hydrogen-bond acceptors (Lipinski definition) is 5. The summed E-state index contributed by atoms with van der Waals surface area (Å²) in [5.41, 5.74) is 4.16. The molecule has 162 valence electrons. The van der Waals surface area contributed by atoms with E-state index in [2.05, 4.69) is 0 Å². The maximum Gasteiger partial charge on any atom is 0.261 e. The lowest BCUT2D eigenvalue weighted by Gasteiger charge is -2.28. The molecular weight excluding hydrogens is 400 g/mol. The van der Waals surface area contributed by atoms with Gasteiger partial charge in [-0.05, 0) is 61.2 Å². The van der Waals surface area contributed by atoms with Crippen LogP contribution in [-0.2, 0) is 21.2 Å². The fourth-order valence-electron chi connectivity index (χ4n) is 3.78. The summed E-state index contributed by atoms with van der Waals surface area (Å²) < 4.78 is 29.8. The van der Waals surface area contributed by atoms with Gasteiger partial charge in [-0.15, -0.1) is 0 Å². The third-order valence-corrected chi connectivity index (χ3v) is 7.08. The third-order valence-electron chi connectivity index (χ3n) is 5.33. The van der Waals surface area contributed by atoms with Gasteiger partial charge in [0.1, 0.15) is 5.75 Å². The van der Waals surface area contributed by atoms with Crippen molar-refractivity contribution in [3.05, 3.63) is 59.2 Å². The Kier molecular flexibility index (Phi) is 6.71. The lowest BCUT2D eigenvalue weighted by atomic mass is 10.1. The normalized spacial score (nSPS) is 17.5. The van der Waals surface area contributed by atoms with Gasteiger partial charge in [-0.25, -0.2) is 8.42 Å². The molecule has 1 heterocycles. The summed E-state index contributed by atoms with van der Waals surface area (Å²) >= 11 is 0. The fourth-order valence-corrected chi connectivity index (χ4v) is 5.51. The lowest BCUT2D eigenvalue weighted by Crippen LogP contribution is -2.43. The molecule has 1 aliphatic heterocycles. The summed E-state index contributed by atoms with van der Waals surface area (Å²) in [4.78, 5) is 16.7. The molecule has 1 aliphatic rings. The van der Waals surface area contributed by atoms with E-state index in [0.717, 1.165) is 22.4 Å². The molecule has 0 unspecified atom stereocenters. The van der Waals surface area contributed by atoms with Crippen molar-refractivity contribution in [1.82, 2.24) is 4.90 Å². The molecule has 1 amide bonds. The lowest BCUT2D eigenvalue weighted by molar-refractivity contribution is -0.136. The van der Waals surface area contributed by atoms with E-state index in [1.165, 1.54) is 0 Å². The molecular formula is C23H30N2O4S. The summed E-state index contributed by atoms with van der Waals surface area (Å²) in [6.07, 6.45) is 0.466. The van der Waals surface area contributed by atoms with Gasteiger partial charge in [0.2, 0.25) is 0 Å². The number of aryl methyl sites for hydroxylation is 2. The number of ether oxygens (including phenoxy) is 1. The molecule has 1 saturated heterocycles. The van der Waals surface area contributed by atoms with Crippen LogP contribution in [0.25, 0.3) is 0 Å². The van der Waals surface area contributed by atoms with Gasteiger partial charge in [-0.3, -0.25) is 4.79 Å². The highest BCUT2D eigenvalue weighted by atomic mass is 32.2. The Morgan fingerprint density at radius 2 is 1.70 bits per heavy atom. The molecule has 0 saturated carbocycles. The van der Waals surface area contributed by atoms with E-state index in [-0.39, 0.29) is 30.1 Å². The van der Waals surface area contributed by atoms with Crippen LogP contribution in [0.4, 0.5) is 5.69 Å². The SMILES string of the molecule is Cc1cc(C)cc(OCC(=O)N(Cc2ccc(N(C)C)cc2)[C@H]2CCS(=O)(=O)C2)c1. The smallest absolute Gasteiger partial charge is 0.261 e. The van der Waals surface area contributed by atoms with Gasteiger partial charge in [-0.1, -0.05) is 18.2 Å². The van der Waals surface area contributed by atoms with Crippen molar-refractivity contribution >= 4 is 21.4 Å². The molecule has 1 atom stereocenters. The topological polar surface area (TPSA) is 66.9 Å². The zero-order chi connectivity index (χ0) is 21.9. The van der Waals surface area contributed by atoms with E-state index in [1.807, 2.05) is 75.3 Å². The summed E-state index contributed by atoms with van der Waals surface area (Å²) in [7, 11) is 0.838. The predicted molar refractivity (Wildman–Crippen MR) is 120 cm³/mol. The third kappa shape index (κ3) is 5.75. The van der Waals surface area contributed by atoms with Crippen LogP contribution in [0.15, 0.2) is 42.5 Å². The van der Waals surface area contributed by atoms with Gasteiger partial charge in [-0.2, -0.15) is 0 Å². The van der Waals surface area contributed by atoms with E-state index in [4.69, 9.17) is 4.74 Å². The number of carbonyl (C=O) groups excluding carboxylic acids is 1. The maximum atomic E-state index is 13.1. The largest absolute Gasteiger partial charge is 0.484 e. The Hall–Kier alpha value is -2.54. The van der Waals surface area contributed by atoms with Gasteiger partial charge in [0.25, 0.3) is 5.91 Å². The first-order chi connectivity index (χ1) is 14.1. The molecule has 0 bridgehead atoms. The quantitative estimate of drug-likeness (QED) is 0.676. The first-order valence-electron chi connectivity index (χ1n) is 10.1. The summed E-state index contributed by atoms with van der Waals surface area (Å²) in [6.45, 7) is 4.21. The Balaban J connectivity index is 1.75. The van der Waals surface area contributed by atoms with Crippen molar-refractivity contribution < 1.29 is 17.9 Å². The molecule has 3 rings (SSSR count). The molecule has 2 aromatic rings. The van der Waals surface area contributed by atoms with Crippen molar-refractivity contribution in [3.63, 3.8) is 0 Å². The molecule has 1 fully saturated rings. The molecule has 30 heavy (non-hydrogen) atoms. The molecule has 6 nitrogen and oxygen atoms in total. The summed E-state index contributed by atoms with van der Waals surface area (Å²) in [6, 6.07) is 13.5. The molecule has 0 radical (unpaired) electrons. The maximum absolute atomic E-state index is 13.1. The van der Waals surface area contributed by atoms with Gasteiger partial charge >= 0.3 is 0 Å². The van der Waals surface area contributed by atoms with Crippen LogP contribution in [0.1, 0.15) is 23.1 Å². The number of anilines is 1. The molecule has 0 aliphatic carbocycles. The number of hydrogen-bond donors (Lipinski definition) is 0. The summed E-state index contributed by atoms with van der Waals surface area (Å²) in [5.74, 6) is 0.583. The Bertz CT molecular complexity index is 980. The van der Waals surface area contributed by atoms with Crippen LogP contribution in [0.5, 0.6) is 5.75 Å². The van der Waals surface area contributed by atoms with Crippen LogP contribution < -0.4 is 9.64 Å². The fraction of sp³-hybridized carbons (Fsp3) is 0.435. The first kappa shape index (κ1) is 22.2. The zero-order valence-electron chi connectivity index (χ0n) is 18.1. The minimum absolute atomic E-state index is 0.0120. The zero-order valence-corrected chi connectivity index (χ0v) is 18.9. The second-order valence-corrected chi connectivity index (χ2v) is 10.5. The minimum Gasteiger partial charge on any atom is -0.484 e. The monoisotopic (exact) mass is 430 g/mol. The molecule has 2 aromatic carbocycles. The van der Waals surface area contributed by atoms with Crippen LogP contribution in [0.3, 0.4) is 0 Å². The number of amides is 1. The van der Waals surface area contributed by atoms with E-state index < -0.39 is 9.84 Å². The van der Waals surface area contributed by atoms with Crippen molar-refractivity contribution in [3.8, 4) is 5.75 Å². The Morgan fingerprint density at radius 3 is 2.23 bits per heavy atom. The molecule has 0 aromatic heterocycles. The van der Waals surface area contributed by atoms with Crippen molar-refractivity contribution in [2.24, 2.45) is 0 Å². The van der Waals surface area contributed by atoms with Crippen LogP contribution >= 0.6 is 0 Å². The van der Waals surface area contributed by atoms with Crippen molar-refractivity contribution in [1.29, 1.82) is 0 Å². The van der Waals surface area contributed by atoms with E-state index in [0.29, 0.717) is 18.7 Å². The van der Waals surface area contributed by atoms with E-state index >= 15 is 0 Å². The van der Waals surface area contributed by atoms with Crippen LogP contribution in [-0.4, -0.2) is 57.5 Å². The number of benzene rings is 2. The van der Waals surface area contributed by atoms with Gasteiger partial charge in [0.05, 0.1) is 11.5 Å². The highest BCUT2D eigenvalue weighted by Crippen LogP contribution is 2.22.